The normalized spacial score (nSPS) is 16.8. The number of piperidine rings is 1. The Bertz CT molecular complexity index is 1560. The molecule has 0 aromatic heterocycles. The summed E-state index contributed by atoms with van der Waals surface area (Å²) in [6, 6.07) is 20.0. The first-order valence-corrected chi connectivity index (χ1v) is 18.5. The number of aldehydes is 1. The predicted octanol–water partition coefficient (Wildman–Crippen LogP) is 5.14. The molecule has 10 nitrogen and oxygen atoms in total. The molecule has 1 saturated carbocycles. The minimum absolute atomic E-state index is 0.00265. The van der Waals surface area contributed by atoms with Gasteiger partial charge in [-0.15, -0.1) is 0 Å². The molecule has 3 aromatic rings. The molecule has 10 heteroatoms. The number of nitrogens with one attached hydrogen (secondary N) is 2. The van der Waals surface area contributed by atoms with Gasteiger partial charge in [-0.3, -0.25) is 4.79 Å². The van der Waals surface area contributed by atoms with Crippen LogP contribution in [0.5, 0.6) is 17.2 Å². The fourth-order valence-electron chi connectivity index (χ4n) is 6.97. The molecule has 2 heterocycles. The van der Waals surface area contributed by atoms with E-state index >= 15 is 0 Å². The summed E-state index contributed by atoms with van der Waals surface area (Å²) in [5.41, 5.74) is 4.68. The summed E-state index contributed by atoms with van der Waals surface area (Å²) >= 11 is 0. The first-order valence-electron chi connectivity index (χ1n) is 18.5. The number of rotatable bonds is 17. The van der Waals surface area contributed by atoms with Crippen molar-refractivity contribution in [3.63, 3.8) is 0 Å². The highest BCUT2D eigenvalue weighted by Crippen LogP contribution is 2.45. The van der Waals surface area contributed by atoms with E-state index < -0.39 is 0 Å². The number of hydrogen-bond acceptors (Lipinski definition) is 9. The van der Waals surface area contributed by atoms with E-state index in [-0.39, 0.29) is 23.7 Å². The van der Waals surface area contributed by atoms with Crippen LogP contribution in [0.1, 0.15) is 60.8 Å². The number of benzene rings is 3. The van der Waals surface area contributed by atoms with Gasteiger partial charge in [-0.25, -0.2) is 0 Å². The number of carbonyl (C=O) groups is 2. The van der Waals surface area contributed by atoms with Crippen LogP contribution in [0.2, 0.25) is 0 Å². The predicted molar refractivity (Wildman–Crippen MR) is 201 cm³/mol. The number of ether oxygens (including phenoxy) is 2. The molecule has 6 rings (SSSR count). The van der Waals surface area contributed by atoms with E-state index in [0.29, 0.717) is 36.8 Å². The average Bonchev–Trinajstić information content (AvgIpc) is 3.98. The number of phenolic OH excluding ortho intramolecular Hbond substituents is 2. The second-order valence-electron chi connectivity index (χ2n) is 14.2. The van der Waals surface area contributed by atoms with E-state index in [0.717, 1.165) is 87.3 Å². The Morgan fingerprint density at radius 2 is 1.76 bits per heavy atom. The minimum atomic E-state index is -0.234. The summed E-state index contributed by atoms with van der Waals surface area (Å²) in [6.45, 7) is 7.10. The Hall–Kier alpha value is -3.96. The molecule has 4 N–H and O–H groups in total. The van der Waals surface area contributed by atoms with Crippen molar-refractivity contribution in [2.75, 3.05) is 78.5 Å². The Morgan fingerprint density at radius 1 is 1.00 bits per heavy atom. The molecule has 51 heavy (non-hydrogen) atoms. The molecule has 1 saturated heterocycles. The minimum Gasteiger partial charge on any atom is -0.508 e. The highest BCUT2D eigenvalue weighted by atomic mass is 16.5. The summed E-state index contributed by atoms with van der Waals surface area (Å²) in [5.74, 6) is 1.77. The van der Waals surface area contributed by atoms with Gasteiger partial charge < -0.3 is 44.9 Å². The summed E-state index contributed by atoms with van der Waals surface area (Å²) < 4.78 is 11.0. The number of anilines is 1. The van der Waals surface area contributed by atoms with E-state index in [2.05, 4.69) is 64.9 Å². The van der Waals surface area contributed by atoms with Crippen LogP contribution >= 0.6 is 0 Å². The zero-order valence-electron chi connectivity index (χ0n) is 30.4. The monoisotopic (exact) mass is 700 g/mol. The molecule has 0 bridgehead atoms. The van der Waals surface area contributed by atoms with Gasteiger partial charge in [0.1, 0.15) is 23.5 Å². The lowest BCUT2D eigenvalue weighted by Gasteiger charge is -2.42. The van der Waals surface area contributed by atoms with Gasteiger partial charge in [0.25, 0.3) is 5.91 Å². The van der Waals surface area contributed by atoms with Crippen molar-refractivity contribution >= 4 is 17.9 Å². The lowest BCUT2D eigenvalue weighted by molar-refractivity contribution is -0.118. The molecule has 0 atom stereocenters. The third kappa shape index (κ3) is 11.0. The third-order valence-electron chi connectivity index (χ3n) is 10.3. The summed E-state index contributed by atoms with van der Waals surface area (Å²) in [5, 5.41) is 26.7. The number of likely N-dealkylation sites (N-methyl/N-ethyl adjacent to an activating group) is 1. The maximum Gasteiger partial charge on any atom is 0.262 e. The molecule has 0 spiro atoms. The Kier molecular flexibility index (Phi) is 14.3. The number of hydrogen-bond donors (Lipinski definition) is 4. The van der Waals surface area contributed by atoms with Crippen LogP contribution in [0.4, 0.5) is 5.69 Å². The van der Waals surface area contributed by atoms with Gasteiger partial charge in [-0.2, -0.15) is 0 Å². The topological polar surface area (TPSA) is 124 Å². The molecule has 2 aliphatic heterocycles. The van der Waals surface area contributed by atoms with Crippen LogP contribution in [0, 0.1) is 5.92 Å². The average molecular weight is 701 g/mol. The van der Waals surface area contributed by atoms with Crippen molar-refractivity contribution in [3.05, 3.63) is 82.9 Å². The molecule has 1 amide bonds. The molecule has 3 aliphatic rings. The highest BCUT2D eigenvalue weighted by Gasteiger charge is 2.39. The van der Waals surface area contributed by atoms with Gasteiger partial charge >= 0.3 is 0 Å². The maximum absolute atomic E-state index is 11.4. The largest absolute Gasteiger partial charge is 0.508 e. The lowest BCUT2D eigenvalue weighted by Crippen LogP contribution is -2.41. The van der Waals surface area contributed by atoms with Gasteiger partial charge in [0.2, 0.25) is 0 Å². The Morgan fingerprint density at radius 3 is 2.51 bits per heavy atom. The number of phenols is 2. The molecule has 0 unspecified atom stereocenters. The van der Waals surface area contributed by atoms with E-state index in [1.807, 2.05) is 24.3 Å². The van der Waals surface area contributed by atoms with Gasteiger partial charge in [-0.05, 0) is 107 Å². The van der Waals surface area contributed by atoms with Crippen molar-refractivity contribution in [2.24, 2.45) is 5.92 Å². The molecule has 276 valence electrons. The van der Waals surface area contributed by atoms with Crippen LogP contribution in [0.15, 0.2) is 60.7 Å². The van der Waals surface area contributed by atoms with E-state index in [9.17, 15) is 19.8 Å². The van der Waals surface area contributed by atoms with E-state index in [4.69, 9.17) is 9.47 Å². The van der Waals surface area contributed by atoms with Crippen LogP contribution in [-0.4, -0.2) is 105 Å². The van der Waals surface area contributed by atoms with Crippen molar-refractivity contribution in [1.29, 1.82) is 0 Å². The zero-order valence-corrected chi connectivity index (χ0v) is 30.4. The Labute approximate surface area is 303 Å². The number of likely N-dealkylation sites (tertiary alicyclic amines) is 1. The molecule has 3 aromatic carbocycles. The van der Waals surface area contributed by atoms with Crippen LogP contribution < -0.4 is 15.4 Å². The molecule has 0 radical (unpaired) electrons. The van der Waals surface area contributed by atoms with Crippen molar-refractivity contribution in [3.8, 4) is 17.2 Å². The number of fused-ring (bicyclic) bond motifs is 1. The SMILES string of the molecule is CN(CCNCCc1ccc(O)c2c1OCC(=O)N2)CCC1CC1.CN1CCC(c2ccccc2)(c2cc(CCOCCC=O)ccc2O)CC1. The number of aromatic hydroxyl groups is 2. The van der Waals surface area contributed by atoms with Crippen LogP contribution in [-0.2, 0) is 32.6 Å². The first kappa shape index (κ1) is 38.3. The zero-order chi connectivity index (χ0) is 36.1. The summed E-state index contributed by atoms with van der Waals surface area (Å²) in [7, 11) is 4.33. The van der Waals surface area contributed by atoms with Crippen LogP contribution in [0.3, 0.4) is 0 Å². The molecule has 2 fully saturated rings. The molecular formula is C41H56N4O6. The number of carbonyl (C=O) groups excluding carboxylic acids is 2. The Balaban J connectivity index is 0.000000199. The van der Waals surface area contributed by atoms with E-state index in [1.165, 1.54) is 31.4 Å². The van der Waals surface area contributed by atoms with Crippen molar-refractivity contribution in [1.82, 2.24) is 15.1 Å². The second kappa shape index (κ2) is 19.0. The van der Waals surface area contributed by atoms with Gasteiger partial charge in [0.05, 0.1) is 13.2 Å². The van der Waals surface area contributed by atoms with Crippen molar-refractivity contribution in [2.45, 2.75) is 56.8 Å². The molecule has 1 aliphatic carbocycles. The summed E-state index contributed by atoms with van der Waals surface area (Å²) in [4.78, 5) is 26.5. The fraction of sp³-hybridized carbons (Fsp3) is 0.512. The van der Waals surface area contributed by atoms with Gasteiger partial charge in [0.15, 0.2) is 12.4 Å². The van der Waals surface area contributed by atoms with Gasteiger partial charge in [0, 0.05) is 30.5 Å². The van der Waals surface area contributed by atoms with Gasteiger partial charge in [-0.1, -0.05) is 61.4 Å². The third-order valence-corrected chi connectivity index (χ3v) is 10.3. The lowest BCUT2D eigenvalue weighted by atomic mass is 9.67. The van der Waals surface area contributed by atoms with E-state index in [1.54, 1.807) is 6.07 Å². The standard InChI is InChI=1S/C23H29NO3.C18H27N3O3/c1-24-13-11-23(12-14-24,20-6-3-2-4-7-20)21-18-19(8-9-22(21)26)10-17-27-16-5-15-25;1-21(10-7-13-2-3-13)11-9-19-8-6-14-4-5-15(22)17-18(14)24-12-16(23)20-17/h2-4,6-9,15,18,26H,5,10-14,16-17H2,1H3;4-5,13,19,22H,2-3,6-12H2,1H3,(H,20,23). The highest BCUT2D eigenvalue weighted by molar-refractivity contribution is 5.97. The van der Waals surface area contributed by atoms with Crippen molar-refractivity contribution < 1.29 is 29.3 Å². The number of amides is 1. The number of nitrogens with zero attached hydrogens (tertiary/aromatic N) is 2. The smallest absolute Gasteiger partial charge is 0.262 e. The fourth-order valence-corrected chi connectivity index (χ4v) is 6.97. The molecular weight excluding hydrogens is 644 g/mol. The quantitative estimate of drug-likeness (QED) is 0.0862. The second-order valence-corrected chi connectivity index (χ2v) is 14.2. The summed E-state index contributed by atoms with van der Waals surface area (Å²) in [6.07, 6.45) is 9.03. The van der Waals surface area contributed by atoms with Crippen LogP contribution in [0.25, 0.3) is 0 Å². The first-order chi connectivity index (χ1) is 24.8. The maximum atomic E-state index is 11.4.